The number of terminal acetylenes is 1. The van der Waals surface area contributed by atoms with Gasteiger partial charge in [-0.1, -0.05) is 33.6 Å². The van der Waals surface area contributed by atoms with Crippen molar-refractivity contribution in [3.63, 3.8) is 0 Å². The molecule has 7 atom stereocenters. The van der Waals surface area contributed by atoms with E-state index in [1.807, 2.05) is 33.6 Å². The van der Waals surface area contributed by atoms with Crippen molar-refractivity contribution in [1.82, 2.24) is 29.7 Å². The minimum atomic E-state index is -4.39. The first-order valence-electron chi connectivity index (χ1n) is 14.6. The topological polar surface area (TPSA) is 196 Å². The number of methoxy groups -OCH3 is 1. The van der Waals surface area contributed by atoms with Gasteiger partial charge in [-0.25, -0.2) is 24.5 Å². The number of carbonyl (C=O) groups excluding carboxylic acids is 2. The summed E-state index contributed by atoms with van der Waals surface area (Å²) in [6, 6.07) is -2.26. The summed E-state index contributed by atoms with van der Waals surface area (Å²) in [5.74, 6) is 0.607. The molecule has 17 heteroatoms. The molecule has 3 heterocycles. The van der Waals surface area contributed by atoms with Crippen LogP contribution in [0.4, 0.5) is 4.39 Å². The summed E-state index contributed by atoms with van der Waals surface area (Å²) < 4.78 is 53.4. The number of fused-ring (bicyclic) bond motifs is 1. The zero-order valence-corrected chi connectivity index (χ0v) is 27.3. The highest BCUT2D eigenvalue weighted by molar-refractivity contribution is 7.54. The van der Waals surface area contributed by atoms with Crippen LogP contribution < -0.4 is 15.7 Å². The van der Waals surface area contributed by atoms with Gasteiger partial charge in [-0.3, -0.25) is 23.5 Å². The third kappa shape index (κ3) is 8.35. The molecule has 1 aliphatic rings. The van der Waals surface area contributed by atoms with Crippen molar-refractivity contribution in [2.24, 2.45) is 11.8 Å². The summed E-state index contributed by atoms with van der Waals surface area (Å²) in [6.07, 6.45) is 1.78. The number of aliphatic hydroxyl groups is 1. The fourth-order valence-corrected chi connectivity index (χ4v) is 6.77. The molecule has 0 saturated carbocycles. The van der Waals surface area contributed by atoms with Crippen LogP contribution in [0.25, 0.3) is 11.2 Å². The smallest absolute Gasteiger partial charge is 0.342 e. The number of H-pyrrole nitrogens is 1. The van der Waals surface area contributed by atoms with Crippen LogP contribution in [0.1, 0.15) is 59.5 Å². The van der Waals surface area contributed by atoms with Crippen molar-refractivity contribution in [2.45, 2.75) is 90.6 Å². The van der Waals surface area contributed by atoms with E-state index in [1.165, 1.54) is 14.0 Å². The maximum absolute atomic E-state index is 16.3. The van der Waals surface area contributed by atoms with Gasteiger partial charge in [0.05, 0.1) is 26.7 Å². The monoisotopic (exact) mass is 656 g/mol. The predicted octanol–water partition coefficient (Wildman–Crippen LogP) is 1.90. The Morgan fingerprint density at radius 3 is 2.38 bits per heavy atom. The van der Waals surface area contributed by atoms with E-state index in [4.69, 9.17) is 25.2 Å². The zero-order valence-electron chi connectivity index (χ0n) is 26.4. The predicted molar refractivity (Wildman–Crippen MR) is 160 cm³/mol. The summed E-state index contributed by atoms with van der Waals surface area (Å²) >= 11 is 0. The molecule has 0 amide bonds. The van der Waals surface area contributed by atoms with Gasteiger partial charge in [-0.2, -0.15) is 0 Å². The molecule has 0 aromatic carbocycles. The molecule has 45 heavy (non-hydrogen) atoms. The van der Waals surface area contributed by atoms with E-state index in [0.29, 0.717) is 0 Å². The molecule has 1 aliphatic heterocycles. The number of hydrogen-bond acceptors (Lipinski definition) is 11. The fourth-order valence-electron chi connectivity index (χ4n) is 4.95. The Labute approximate surface area is 260 Å². The van der Waals surface area contributed by atoms with E-state index in [-0.39, 0.29) is 48.3 Å². The average Bonchev–Trinajstić information content (AvgIpc) is 3.49. The van der Waals surface area contributed by atoms with Gasteiger partial charge in [-0.15, -0.1) is 6.42 Å². The number of aromatic nitrogens is 4. The Hall–Kier alpha value is -3.19. The maximum Gasteiger partial charge on any atom is 0.342 e. The molecule has 0 spiro atoms. The average molecular weight is 657 g/mol. The van der Waals surface area contributed by atoms with Crippen molar-refractivity contribution in [3.8, 4) is 12.3 Å². The second-order valence-electron chi connectivity index (χ2n) is 11.6. The number of imidazole rings is 1. The van der Waals surface area contributed by atoms with Crippen molar-refractivity contribution in [2.75, 3.05) is 20.3 Å². The van der Waals surface area contributed by atoms with Gasteiger partial charge in [0.15, 0.2) is 17.4 Å². The summed E-state index contributed by atoms with van der Waals surface area (Å²) in [5, 5.41) is 16.4. The zero-order chi connectivity index (χ0) is 33.7. The third-order valence-corrected chi connectivity index (χ3v) is 8.83. The van der Waals surface area contributed by atoms with Gasteiger partial charge in [0, 0.05) is 0 Å². The number of carbonyl (C=O) groups is 2. The SMILES string of the molecule is C#C[C@]1(F)C(O)[C@@H](COP(=O)(NC(CC(C)C)C(=O)OC)NC(CC(C)C)C(=O)OCC)O[C@H]1n1cnc2c(=O)[nH]c(C)nc21. The number of hydrogen-bond donors (Lipinski definition) is 4. The lowest BCUT2D eigenvalue weighted by atomic mass is 9.97. The molecule has 0 bridgehead atoms. The van der Waals surface area contributed by atoms with Crippen LogP contribution in [0.15, 0.2) is 11.1 Å². The number of ether oxygens (including phenoxy) is 3. The quantitative estimate of drug-likeness (QED) is 0.123. The highest BCUT2D eigenvalue weighted by atomic mass is 31.2. The van der Waals surface area contributed by atoms with Crippen molar-refractivity contribution < 1.29 is 42.4 Å². The minimum Gasteiger partial charge on any atom is -0.468 e. The molecule has 2 aromatic rings. The number of esters is 2. The molecule has 1 saturated heterocycles. The molecule has 4 N–H and O–H groups in total. The van der Waals surface area contributed by atoms with Crippen LogP contribution >= 0.6 is 7.67 Å². The van der Waals surface area contributed by atoms with Gasteiger partial charge in [0.1, 0.15) is 30.1 Å². The summed E-state index contributed by atoms with van der Waals surface area (Å²) in [4.78, 5) is 48.5. The standard InChI is InChI=1S/C28H42FN6O9P/c1-9-28(29)22(36)20(44-27(28)35-14-30-21-23(35)31-17(7)32-24(21)37)13-43-45(40,33-18(11-15(3)4)25(38)41-8)34-19(12-16(5)6)26(39)42-10-2/h1,14-16,18-20,22,27,36H,10-13H2,2-8H3,(H,31,32,37)(H2,33,34,40)/t18?,19?,20-,22?,27-,28+,45?/m1/s1. The first kappa shape index (κ1) is 36.3. The molecule has 0 aliphatic carbocycles. The molecule has 0 radical (unpaired) electrons. The number of aromatic amines is 1. The number of rotatable bonds is 15. The number of halogens is 1. The largest absolute Gasteiger partial charge is 0.468 e. The van der Waals surface area contributed by atoms with E-state index in [1.54, 1.807) is 6.92 Å². The van der Waals surface area contributed by atoms with E-state index in [2.05, 4.69) is 25.1 Å². The van der Waals surface area contributed by atoms with Crippen LogP contribution in [0, 0.1) is 31.1 Å². The van der Waals surface area contributed by atoms with E-state index in [0.717, 1.165) is 10.9 Å². The van der Waals surface area contributed by atoms with Crippen LogP contribution in [-0.4, -0.2) is 86.8 Å². The van der Waals surface area contributed by atoms with Gasteiger partial charge < -0.3 is 28.8 Å². The lowest BCUT2D eigenvalue weighted by molar-refractivity contribution is -0.145. The normalized spacial score (nSPS) is 24.4. The molecule has 4 unspecified atom stereocenters. The molecule has 15 nitrogen and oxygen atoms in total. The maximum atomic E-state index is 16.3. The van der Waals surface area contributed by atoms with E-state index < -0.39 is 68.0 Å². The van der Waals surface area contributed by atoms with Gasteiger partial charge in [0.25, 0.3) is 5.56 Å². The van der Waals surface area contributed by atoms with Crippen molar-refractivity contribution in [1.29, 1.82) is 0 Å². The Bertz CT molecular complexity index is 1510. The lowest BCUT2D eigenvalue weighted by Gasteiger charge is -2.30. The van der Waals surface area contributed by atoms with Gasteiger partial charge in [0.2, 0.25) is 5.67 Å². The second kappa shape index (κ2) is 14.9. The molecule has 2 aromatic heterocycles. The van der Waals surface area contributed by atoms with Gasteiger partial charge in [-0.05, 0) is 38.5 Å². The summed E-state index contributed by atoms with van der Waals surface area (Å²) in [5.41, 5.74) is -3.58. The summed E-state index contributed by atoms with van der Waals surface area (Å²) in [7, 11) is -3.22. The highest BCUT2D eigenvalue weighted by Gasteiger charge is 2.58. The van der Waals surface area contributed by atoms with Crippen LogP contribution in [-0.2, 0) is 32.9 Å². The Balaban J connectivity index is 1.97. The first-order valence-corrected chi connectivity index (χ1v) is 16.2. The highest BCUT2D eigenvalue weighted by Crippen LogP contribution is 2.46. The van der Waals surface area contributed by atoms with Crippen LogP contribution in [0.5, 0.6) is 0 Å². The van der Waals surface area contributed by atoms with E-state index >= 15 is 4.39 Å². The molecule has 250 valence electrons. The molecule has 3 rings (SSSR count). The second-order valence-corrected chi connectivity index (χ2v) is 13.5. The number of alkyl halides is 1. The number of nitrogens with zero attached hydrogens (tertiary/aromatic N) is 3. The number of aryl methyl sites for hydroxylation is 1. The Kier molecular flexibility index (Phi) is 12.0. The molecular formula is C28H42FN6O9P. The Morgan fingerprint density at radius 2 is 1.84 bits per heavy atom. The van der Waals surface area contributed by atoms with E-state index in [9.17, 15) is 24.1 Å². The number of nitrogens with one attached hydrogen (secondary N) is 3. The van der Waals surface area contributed by atoms with Crippen LogP contribution in [0.2, 0.25) is 0 Å². The first-order chi connectivity index (χ1) is 21.1. The lowest BCUT2D eigenvalue weighted by Crippen LogP contribution is -2.46. The number of aliphatic hydroxyl groups excluding tert-OH is 1. The fraction of sp³-hybridized carbons (Fsp3) is 0.679. The van der Waals surface area contributed by atoms with Gasteiger partial charge >= 0.3 is 19.6 Å². The summed E-state index contributed by atoms with van der Waals surface area (Å²) in [6.45, 7) is 9.85. The molecular weight excluding hydrogens is 614 g/mol. The van der Waals surface area contributed by atoms with Crippen LogP contribution in [0.3, 0.4) is 0 Å². The minimum absolute atomic E-state index is 0.0399. The molecule has 1 fully saturated rings. The van der Waals surface area contributed by atoms with Crippen molar-refractivity contribution in [3.05, 3.63) is 22.5 Å². The Morgan fingerprint density at radius 1 is 1.24 bits per heavy atom. The van der Waals surface area contributed by atoms with Crippen molar-refractivity contribution >= 4 is 30.8 Å². The third-order valence-electron chi connectivity index (χ3n) is 7.01.